The third-order valence-corrected chi connectivity index (χ3v) is 4.36. The first-order valence-corrected chi connectivity index (χ1v) is 7.66. The molecule has 2 aromatic rings. The zero-order valence-corrected chi connectivity index (χ0v) is 13.0. The summed E-state index contributed by atoms with van der Waals surface area (Å²) in [5.74, 6) is 0.107. The quantitative estimate of drug-likeness (QED) is 0.925. The third-order valence-electron chi connectivity index (χ3n) is 4.36. The Hall–Kier alpha value is -2.13. The van der Waals surface area contributed by atoms with E-state index < -0.39 is 6.10 Å². The fraction of sp³-hybridized carbons (Fsp3) is 0.316. The van der Waals surface area contributed by atoms with Gasteiger partial charge in [0.1, 0.15) is 6.10 Å². The van der Waals surface area contributed by atoms with Crippen molar-refractivity contribution in [1.29, 1.82) is 0 Å². The Morgan fingerprint density at radius 1 is 1.14 bits per heavy atom. The lowest BCUT2D eigenvalue weighted by molar-refractivity contribution is -0.129. The van der Waals surface area contributed by atoms with Crippen LogP contribution in [0.4, 0.5) is 0 Å². The molecule has 3 heteroatoms. The van der Waals surface area contributed by atoms with E-state index in [0.717, 1.165) is 35.2 Å². The molecule has 0 bridgehead atoms. The van der Waals surface area contributed by atoms with Crippen LogP contribution in [0.25, 0.3) is 0 Å². The molecule has 1 atom stereocenters. The van der Waals surface area contributed by atoms with Gasteiger partial charge < -0.3 is 10.0 Å². The maximum atomic E-state index is 11.6. The van der Waals surface area contributed by atoms with Crippen molar-refractivity contribution in [2.45, 2.75) is 32.9 Å². The highest BCUT2D eigenvalue weighted by molar-refractivity contribution is 5.73. The summed E-state index contributed by atoms with van der Waals surface area (Å²) in [6.45, 7) is 5.05. The minimum atomic E-state index is -0.627. The summed E-state index contributed by atoms with van der Waals surface area (Å²) in [4.78, 5) is 13.4. The molecule has 1 N–H and O–H groups in total. The van der Waals surface area contributed by atoms with E-state index >= 15 is 0 Å². The lowest BCUT2D eigenvalue weighted by Gasteiger charge is -2.28. The second kappa shape index (κ2) is 5.93. The van der Waals surface area contributed by atoms with Crippen LogP contribution < -0.4 is 0 Å². The molecule has 1 unspecified atom stereocenters. The number of nitrogens with zero attached hydrogens (tertiary/aromatic N) is 1. The number of benzene rings is 2. The average Bonchev–Trinajstić information content (AvgIpc) is 2.53. The van der Waals surface area contributed by atoms with E-state index in [0.29, 0.717) is 6.54 Å². The monoisotopic (exact) mass is 295 g/mol. The van der Waals surface area contributed by atoms with Gasteiger partial charge in [0.2, 0.25) is 5.91 Å². The molecule has 0 aromatic heterocycles. The number of aryl methyl sites for hydroxylation is 1. The number of carbonyl (C=O) groups excluding carboxylic acids is 1. The molecule has 3 rings (SSSR count). The van der Waals surface area contributed by atoms with Gasteiger partial charge >= 0.3 is 0 Å². The molecular weight excluding hydrogens is 274 g/mol. The maximum absolute atomic E-state index is 11.6. The van der Waals surface area contributed by atoms with Crippen molar-refractivity contribution in [2.75, 3.05) is 6.54 Å². The van der Waals surface area contributed by atoms with E-state index in [1.807, 2.05) is 48.2 Å². The molecule has 22 heavy (non-hydrogen) atoms. The van der Waals surface area contributed by atoms with E-state index in [-0.39, 0.29) is 5.91 Å². The SMILES string of the molecule is CC(=O)N1CCc2ccc(C(O)c3cccc(C)c3)cc2C1. The molecule has 114 valence electrons. The predicted octanol–water partition coefficient (Wildman–Crippen LogP) is 2.98. The van der Waals surface area contributed by atoms with Crippen molar-refractivity contribution in [2.24, 2.45) is 0 Å². The van der Waals surface area contributed by atoms with Crippen LogP contribution >= 0.6 is 0 Å². The van der Waals surface area contributed by atoms with Gasteiger partial charge in [0.05, 0.1) is 0 Å². The Labute approximate surface area is 131 Å². The van der Waals surface area contributed by atoms with Gasteiger partial charge in [-0.3, -0.25) is 4.79 Å². The summed E-state index contributed by atoms with van der Waals surface area (Å²) in [6, 6.07) is 14.1. The summed E-state index contributed by atoms with van der Waals surface area (Å²) in [5.41, 5.74) is 5.34. The summed E-state index contributed by atoms with van der Waals surface area (Å²) < 4.78 is 0. The Kier molecular flexibility index (Phi) is 3.99. The number of amides is 1. The molecule has 0 aliphatic carbocycles. The third kappa shape index (κ3) is 2.90. The Morgan fingerprint density at radius 3 is 2.64 bits per heavy atom. The number of rotatable bonds is 2. The largest absolute Gasteiger partial charge is 0.384 e. The smallest absolute Gasteiger partial charge is 0.219 e. The van der Waals surface area contributed by atoms with Crippen LogP contribution in [-0.4, -0.2) is 22.5 Å². The van der Waals surface area contributed by atoms with Crippen molar-refractivity contribution >= 4 is 5.91 Å². The van der Waals surface area contributed by atoms with Crippen molar-refractivity contribution in [1.82, 2.24) is 4.90 Å². The average molecular weight is 295 g/mol. The molecule has 0 radical (unpaired) electrons. The van der Waals surface area contributed by atoms with E-state index in [4.69, 9.17) is 0 Å². The zero-order chi connectivity index (χ0) is 15.7. The summed E-state index contributed by atoms with van der Waals surface area (Å²) in [5, 5.41) is 10.6. The normalized spacial score (nSPS) is 15.3. The fourth-order valence-electron chi connectivity index (χ4n) is 3.05. The second-order valence-corrected chi connectivity index (χ2v) is 6.04. The van der Waals surface area contributed by atoms with Gasteiger partial charge in [-0.25, -0.2) is 0 Å². The van der Waals surface area contributed by atoms with Crippen LogP contribution in [-0.2, 0) is 17.8 Å². The number of hydrogen-bond acceptors (Lipinski definition) is 2. The highest BCUT2D eigenvalue weighted by Gasteiger charge is 2.20. The lowest BCUT2D eigenvalue weighted by Crippen LogP contribution is -2.34. The number of fused-ring (bicyclic) bond motifs is 1. The van der Waals surface area contributed by atoms with Crippen LogP contribution in [0.1, 0.15) is 40.8 Å². The molecule has 3 nitrogen and oxygen atoms in total. The van der Waals surface area contributed by atoms with Crippen LogP contribution in [0.15, 0.2) is 42.5 Å². The molecule has 2 aromatic carbocycles. The molecule has 0 saturated carbocycles. The molecule has 1 aliphatic heterocycles. The van der Waals surface area contributed by atoms with Gasteiger partial charge in [0, 0.05) is 20.0 Å². The lowest BCUT2D eigenvalue weighted by atomic mass is 9.93. The number of aliphatic hydroxyl groups is 1. The summed E-state index contributed by atoms with van der Waals surface area (Å²) in [7, 11) is 0. The Bertz CT molecular complexity index is 708. The highest BCUT2D eigenvalue weighted by Crippen LogP contribution is 2.27. The Balaban J connectivity index is 1.90. The van der Waals surface area contributed by atoms with Crippen molar-refractivity contribution in [3.63, 3.8) is 0 Å². The van der Waals surface area contributed by atoms with Gasteiger partial charge in [-0.15, -0.1) is 0 Å². The van der Waals surface area contributed by atoms with Crippen LogP contribution in [0.2, 0.25) is 0 Å². The van der Waals surface area contributed by atoms with Gasteiger partial charge in [-0.05, 0) is 35.6 Å². The number of aliphatic hydroxyl groups excluding tert-OH is 1. The fourth-order valence-corrected chi connectivity index (χ4v) is 3.05. The van der Waals surface area contributed by atoms with Gasteiger partial charge in [-0.1, -0.05) is 48.0 Å². The first-order chi connectivity index (χ1) is 10.5. The number of carbonyl (C=O) groups is 1. The summed E-state index contributed by atoms with van der Waals surface area (Å²) >= 11 is 0. The second-order valence-electron chi connectivity index (χ2n) is 6.04. The zero-order valence-electron chi connectivity index (χ0n) is 13.0. The first-order valence-electron chi connectivity index (χ1n) is 7.66. The molecular formula is C19H21NO2. The molecule has 1 heterocycles. The molecule has 0 fully saturated rings. The van der Waals surface area contributed by atoms with Crippen molar-refractivity contribution in [3.05, 3.63) is 70.3 Å². The van der Waals surface area contributed by atoms with E-state index in [9.17, 15) is 9.90 Å². The van der Waals surface area contributed by atoms with E-state index in [2.05, 4.69) is 6.07 Å². The highest BCUT2D eigenvalue weighted by atomic mass is 16.3. The minimum Gasteiger partial charge on any atom is -0.384 e. The van der Waals surface area contributed by atoms with E-state index in [1.54, 1.807) is 6.92 Å². The maximum Gasteiger partial charge on any atom is 0.219 e. The topological polar surface area (TPSA) is 40.5 Å². The van der Waals surface area contributed by atoms with Crippen LogP contribution in [0.3, 0.4) is 0 Å². The molecule has 0 saturated heterocycles. The Morgan fingerprint density at radius 2 is 1.91 bits per heavy atom. The van der Waals surface area contributed by atoms with Crippen molar-refractivity contribution < 1.29 is 9.90 Å². The van der Waals surface area contributed by atoms with E-state index in [1.165, 1.54) is 5.56 Å². The van der Waals surface area contributed by atoms with Crippen LogP contribution in [0, 0.1) is 6.92 Å². The van der Waals surface area contributed by atoms with Gasteiger partial charge in [0.25, 0.3) is 0 Å². The van der Waals surface area contributed by atoms with Crippen LogP contribution in [0.5, 0.6) is 0 Å². The first kappa shape index (κ1) is 14.8. The van der Waals surface area contributed by atoms with Gasteiger partial charge in [0.15, 0.2) is 0 Å². The molecule has 0 spiro atoms. The minimum absolute atomic E-state index is 0.107. The van der Waals surface area contributed by atoms with Gasteiger partial charge in [-0.2, -0.15) is 0 Å². The molecule has 1 aliphatic rings. The predicted molar refractivity (Wildman–Crippen MR) is 86.5 cm³/mol. The molecule has 1 amide bonds. The number of hydrogen-bond donors (Lipinski definition) is 1. The standard InChI is InChI=1S/C19H21NO2/c1-13-4-3-5-16(10-13)19(22)17-7-6-15-8-9-20(14(2)21)12-18(15)11-17/h3-7,10-11,19,22H,8-9,12H2,1-2H3. The summed E-state index contributed by atoms with van der Waals surface area (Å²) in [6.07, 6.45) is 0.258. The van der Waals surface area contributed by atoms with Crippen molar-refractivity contribution in [3.8, 4) is 0 Å².